The molecule has 1 rings (SSSR count). The maximum Gasteiger partial charge on any atom is 0.315 e. The second kappa shape index (κ2) is 10.0. The van der Waals surface area contributed by atoms with Gasteiger partial charge in [0.15, 0.2) is 0 Å². The molecule has 1 heterocycles. The monoisotopic (exact) mass is 318 g/mol. The topological polar surface area (TPSA) is 70.6 Å². The lowest BCUT2D eigenvalue weighted by atomic mass is 10.2. The summed E-state index contributed by atoms with van der Waals surface area (Å²) < 4.78 is 5.05. The van der Waals surface area contributed by atoms with Gasteiger partial charge in [-0.3, -0.25) is 0 Å². The van der Waals surface area contributed by atoms with E-state index in [0.29, 0.717) is 19.6 Å². The Morgan fingerprint density at radius 2 is 2.40 bits per heavy atom. The van der Waals surface area contributed by atoms with E-state index in [2.05, 4.69) is 10.6 Å². The molecule has 0 radical (unpaired) electrons. The lowest BCUT2D eigenvalue weighted by molar-refractivity contribution is 0.185. The van der Waals surface area contributed by atoms with Gasteiger partial charge in [0, 0.05) is 30.4 Å². The molecule has 1 aromatic heterocycles. The Bertz CT molecular complexity index is 393. The lowest BCUT2D eigenvalue weighted by Crippen LogP contribution is -2.43. The molecule has 114 valence electrons. The standard InChI is InChI=1S/C13H22N2O3S2/c1-18-7-10-5-12(20-8-10)6-14-13(17)15-11(3-4-16)9-19-2/h5,8,11,16H,3-4,6-7,9H2,1-2H3,(H2,14,15,17). The van der Waals surface area contributed by atoms with Crippen molar-refractivity contribution in [1.29, 1.82) is 0 Å². The van der Waals surface area contributed by atoms with E-state index in [1.54, 1.807) is 30.2 Å². The van der Waals surface area contributed by atoms with E-state index in [1.807, 2.05) is 17.7 Å². The number of nitrogens with one attached hydrogen (secondary N) is 2. The molecule has 5 nitrogen and oxygen atoms in total. The van der Waals surface area contributed by atoms with Gasteiger partial charge >= 0.3 is 6.03 Å². The van der Waals surface area contributed by atoms with Gasteiger partial charge in [-0.05, 0) is 29.7 Å². The van der Waals surface area contributed by atoms with E-state index < -0.39 is 0 Å². The number of hydrogen-bond acceptors (Lipinski definition) is 5. The second-order valence-electron chi connectivity index (χ2n) is 4.35. The number of methoxy groups -OCH3 is 1. The van der Waals surface area contributed by atoms with Crippen molar-refractivity contribution in [1.82, 2.24) is 10.6 Å². The average molecular weight is 318 g/mol. The number of hydrogen-bond donors (Lipinski definition) is 3. The Balaban J connectivity index is 2.33. The van der Waals surface area contributed by atoms with Crippen LogP contribution in [0.4, 0.5) is 4.79 Å². The zero-order valence-corrected chi connectivity index (χ0v) is 13.5. The highest BCUT2D eigenvalue weighted by molar-refractivity contribution is 7.98. The number of aliphatic hydroxyl groups excluding tert-OH is 1. The predicted octanol–water partition coefficient (Wildman–Crippen LogP) is 1.81. The maximum atomic E-state index is 11.8. The number of carbonyl (C=O) groups excluding carboxylic acids is 1. The van der Waals surface area contributed by atoms with Crippen molar-refractivity contribution in [2.75, 3.05) is 25.7 Å². The van der Waals surface area contributed by atoms with E-state index in [0.717, 1.165) is 16.2 Å². The third kappa shape index (κ3) is 6.60. The molecule has 0 aliphatic rings. The van der Waals surface area contributed by atoms with E-state index >= 15 is 0 Å². The minimum atomic E-state index is -0.195. The number of carbonyl (C=O) groups is 1. The zero-order valence-electron chi connectivity index (χ0n) is 11.8. The van der Waals surface area contributed by atoms with E-state index in [-0.39, 0.29) is 18.7 Å². The maximum absolute atomic E-state index is 11.8. The first kappa shape index (κ1) is 17.3. The van der Waals surface area contributed by atoms with E-state index in [9.17, 15) is 4.79 Å². The summed E-state index contributed by atoms with van der Waals surface area (Å²) in [5.74, 6) is 0.797. The summed E-state index contributed by atoms with van der Waals surface area (Å²) in [5, 5.41) is 16.7. The largest absolute Gasteiger partial charge is 0.396 e. The molecule has 0 aromatic carbocycles. The lowest BCUT2D eigenvalue weighted by Gasteiger charge is -2.16. The van der Waals surface area contributed by atoms with Gasteiger partial charge < -0.3 is 20.5 Å². The highest BCUT2D eigenvalue weighted by atomic mass is 32.2. The molecule has 1 atom stereocenters. The first-order valence-electron chi connectivity index (χ1n) is 6.39. The van der Waals surface area contributed by atoms with Crippen molar-refractivity contribution in [3.8, 4) is 0 Å². The fourth-order valence-corrected chi connectivity index (χ4v) is 3.19. The highest BCUT2D eigenvalue weighted by Crippen LogP contribution is 2.15. The fourth-order valence-electron chi connectivity index (χ4n) is 1.72. The smallest absolute Gasteiger partial charge is 0.315 e. The molecule has 0 aliphatic carbocycles. The normalized spacial score (nSPS) is 12.2. The van der Waals surface area contributed by atoms with Gasteiger partial charge in [0.05, 0.1) is 13.2 Å². The zero-order chi connectivity index (χ0) is 14.8. The first-order valence-corrected chi connectivity index (χ1v) is 8.66. The van der Waals surface area contributed by atoms with Crippen LogP contribution in [0, 0.1) is 0 Å². The van der Waals surface area contributed by atoms with Crippen molar-refractivity contribution in [2.24, 2.45) is 0 Å². The number of ether oxygens (including phenoxy) is 1. The summed E-state index contributed by atoms with van der Waals surface area (Å²) in [6, 6.07) is 1.84. The van der Waals surface area contributed by atoms with Gasteiger partial charge in [0.25, 0.3) is 0 Å². The van der Waals surface area contributed by atoms with Crippen LogP contribution in [0.2, 0.25) is 0 Å². The molecule has 0 saturated heterocycles. The molecule has 3 N–H and O–H groups in total. The molecule has 1 aromatic rings. The summed E-state index contributed by atoms with van der Waals surface area (Å²) >= 11 is 3.25. The quantitative estimate of drug-likeness (QED) is 0.649. The van der Waals surface area contributed by atoms with E-state index in [1.165, 1.54) is 0 Å². The Labute approximate surface area is 128 Å². The van der Waals surface area contributed by atoms with Crippen LogP contribution >= 0.6 is 23.1 Å². The van der Waals surface area contributed by atoms with Crippen LogP contribution in [0.5, 0.6) is 0 Å². The molecule has 20 heavy (non-hydrogen) atoms. The van der Waals surface area contributed by atoms with Gasteiger partial charge in [-0.15, -0.1) is 11.3 Å². The number of thioether (sulfide) groups is 1. The Hall–Kier alpha value is -0.760. The Kier molecular flexibility index (Phi) is 8.68. The summed E-state index contributed by atoms with van der Waals surface area (Å²) in [4.78, 5) is 12.9. The molecule has 7 heteroatoms. The van der Waals surface area contributed by atoms with Crippen LogP contribution in [0.1, 0.15) is 16.9 Å². The third-order valence-electron chi connectivity index (χ3n) is 2.62. The van der Waals surface area contributed by atoms with Crippen LogP contribution in [0.25, 0.3) is 0 Å². The Morgan fingerprint density at radius 3 is 3.05 bits per heavy atom. The predicted molar refractivity (Wildman–Crippen MR) is 84.3 cm³/mol. The summed E-state index contributed by atoms with van der Waals surface area (Å²) in [5.41, 5.74) is 1.12. The number of amides is 2. The molecule has 0 aliphatic heterocycles. The molecule has 2 amide bonds. The molecule has 0 bridgehead atoms. The fraction of sp³-hybridized carbons (Fsp3) is 0.615. The third-order valence-corrected chi connectivity index (χ3v) is 4.34. The average Bonchev–Trinajstić information content (AvgIpc) is 2.85. The van der Waals surface area contributed by atoms with Crippen molar-refractivity contribution >= 4 is 29.1 Å². The summed E-state index contributed by atoms with van der Waals surface area (Å²) in [7, 11) is 1.66. The Morgan fingerprint density at radius 1 is 1.60 bits per heavy atom. The number of urea groups is 1. The van der Waals surface area contributed by atoms with Crippen molar-refractivity contribution in [3.63, 3.8) is 0 Å². The number of thiophene rings is 1. The molecular weight excluding hydrogens is 296 g/mol. The number of rotatable bonds is 9. The highest BCUT2D eigenvalue weighted by Gasteiger charge is 2.11. The van der Waals surface area contributed by atoms with Crippen LogP contribution in [-0.2, 0) is 17.9 Å². The van der Waals surface area contributed by atoms with Gasteiger partial charge in [0.2, 0.25) is 0 Å². The van der Waals surface area contributed by atoms with Crippen LogP contribution in [0.15, 0.2) is 11.4 Å². The van der Waals surface area contributed by atoms with Gasteiger partial charge in [-0.1, -0.05) is 0 Å². The van der Waals surface area contributed by atoms with Crippen LogP contribution < -0.4 is 10.6 Å². The van der Waals surface area contributed by atoms with Crippen LogP contribution in [0.3, 0.4) is 0 Å². The van der Waals surface area contributed by atoms with Gasteiger partial charge in [0.1, 0.15) is 0 Å². The van der Waals surface area contributed by atoms with Crippen molar-refractivity contribution in [2.45, 2.75) is 25.6 Å². The van der Waals surface area contributed by atoms with Crippen molar-refractivity contribution in [3.05, 3.63) is 21.9 Å². The minimum absolute atomic E-state index is 0.00221. The van der Waals surface area contributed by atoms with Gasteiger partial charge in [-0.25, -0.2) is 4.79 Å². The van der Waals surface area contributed by atoms with Gasteiger partial charge in [-0.2, -0.15) is 11.8 Å². The molecular formula is C13H22N2O3S2. The SMILES string of the molecule is COCc1csc(CNC(=O)NC(CCO)CSC)c1. The summed E-state index contributed by atoms with van der Waals surface area (Å²) in [6.07, 6.45) is 2.55. The second-order valence-corrected chi connectivity index (χ2v) is 6.25. The van der Waals surface area contributed by atoms with Crippen LogP contribution in [-0.4, -0.2) is 42.9 Å². The van der Waals surface area contributed by atoms with E-state index in [4.69, 9.17) is 9.84 Å². The first-order chi connectivity index (χ1) is 9.69. The van der Waals surface area contributed by atoms with Crippen molar-refractivity contribution < 1.29 is 14.6 Å². The molecule has 0 saturated carbocycles. The molecule has 0 spiro atoms. The number of aliphatic hydroxyl groups is 1. The molecule has 0 fully saturated rings. The summed E-state index contributed by atoms with van der Waals surface area (Å²) in [6.45, 7) is 1.18. The molecule has 1 unspecified atom stereocenters. The minimum Gasteiger partial charge on any atom is -0.396 e.